The number of hydrogen-bond acceptors (Lipinski definition) is 6. The van der Waals surface area contributed by atoms with E-state index in [1.807, 2.05) is 0 Å². The van der Waals surface area contributed by atoms with Crippen LogP contribution in [0.5, 0.6) is 0 Å². The van der Waals surface area contributed by atoms with Crippen molar-refractivity contribution in [3.63, 3.8) is 0 Å². The number of carbonyl (C=O) groups is 1. The van der Waals surface area contributed by atoms with Crippen molar-refractivity contribution in [2.75, 3.05) is 13.1 Å². The molecule has 1 fully saturated rings. The van der Waals surface area contributed by atoms with E-state index in [4.69, 9.17) is 4.42 Å². The Bertz CT molecular complexity index is 1110. The van der Waals surface area contributed by atoms with E-state index >= 15 is 0 Å². The molecule has 1 saturated heterocycles. The van der Waals surface area contributed by atoms with Gasteiger partial charge in [-0.05, 0) is 37.9 Å². The van der Waals surface area contributed by atoms with Gasteiger partial charge in [0.2, 0.25) is 5.89 Å². The van der Waals surface area contributed by atoms with Crippen molar-refractivity contribution in [2.24, 2.45) is 0 Å². The van der Waals surface area contributed by atoms with Gasteiger partial charge in [-0.2, -0.15) is 0 Å². The highest BCUT2D eigenvalue weighted by molar-refractivity contribution is 5.92. The van der Waals surface area contributed by atoms with Crippen molar-refractivity contribution in [1.29, 1.82) is 0 Å². The van der Waals surface area contributed by atoms with Crippen LogP contribution in [0, 0.1) is 11.6 Å². The lowest BCUT2D eigenvalue weighted by atomic mass is 10.0. The molecule has 3 aromatic rings. The predicted molar refractivity (Wildman–Crippen MR) is 118 cm³/mol. The van der Waals surface area contributed by atoms with Gasteiger partial charge >= 0.3 is 0 Å². The van der Waals surface area contributed by atoms with Gasteiger partial charge < -0.3 is 14.6 Å². The first-order valence-electron chi connectivity index (χ1n) is 10.9. The van der Waals surface area contributed by atoms with Crippen molar-refractivity contribution in [3.05, 3.63) is 53.2 Å². The van der Waals surface area contributed by atoms with Crippen LogP contribution in [0.1, 0.15) is 47.6 Å². The number of rotatable bonds is 5. The van der Waals surface area contributed by atoms with Crippen LogP contribution in [0.3, 0.4) is 0 Å². The summed E-state index contributed by atoms with van der Waals surface area (Å²) in [4.78, 5) is 18.9. The second-order valence-corrected chi connectivity index (χ2v) is 8.33. The summed E-state index contributed by atoms with van der Waals surface area (Å²) in [7, 11) is 0. The minimum atomic E-state index is -0.699. The third kappa shape index (κ3) is 5.22. The summed E-state index contributed by atoms with van der Waals surface area (Å²) in [5.74, 6) is -0.855. The van der Waals surface area contributed by atoms with Gasteiger partial charge in [-0.1, -0.05) is 11.6 Å². The number of nitrogens with zero attached hydrogens (tertiary/aromatic N) is 5. The van der Waals surface area contributed by atoms with Gasteiger partial charge in [0.25, 0.3) is 5.91 Å². The summed E-state index contributed by atoms with van der Waals surface area (Å²) >= 11 is 0. The molecule has 8 nitrogen and oxygen atoms in total. The molecule has 2 aliphatic heterocycles. The van der Waals surface area contributed by atoms with E-state index in [-0.39, 0.29) is 36.3 Å². The lowest BCUT2D eigenvalue weighted by Crippen LogP contribution is -2.36. The van der Waals surface area contributed by atoms with Gasteiger partial charge in [0, 0.05) is 37.2 Å². The van der Waals surface area contributed by atoms with Gasteiger partial charge in [0.05, 0.1) is 12.7 Å². The molecule has 0 spiro atoms. The molecule has 2 aromatic heterocycles. The van der Waals surface area contributed by atoms with Crippen LogP contribution in [0.2, 0.25) is 0 Å². The zero-order valence-electron chi connectivity index (χ0n) is 18.0. The normalized spacial score (nSPS) is 18.0. The molecule has 1 amide bonds. The molecule has 5 rings (SSSR count). The zero-order chi connectivity index (χ0) is 22.1. The number of nitrogens with one attached hydrogen (secondary N) is 1. The minimum absolute atomic E-state index is 0. The molecule has 0 bridgehead atoms. The molecule has 33 heavy (non-hydrogen) atoms. The van der Waals surface area contributed by atoms with Crippen LogP contribution in [0.4, 0.5) is 8.78 Å². The quantitative estimate of drug-likeness (QED) is 0.605. The minimum Gasteiger partial charge on any atom is -0.441 e. The molecule has 0 radical (unpaired) electrons. The molecule has 11 heteroatoms. The first-order chi connectivity index (χ1) is 15.5. The van der Waals surface area contributed by atoms with Crippen LogP contribution >= 0.6 is 12.4 Å². The number of benzene rings is 1. The molecule has 0 aliphatic carbocycles. The number of fused-ring (bicyclic) bond motifs is 1. The molecular formula is C22H25ClF2N6O2. The van der Waals surface area contributed by atoms with Crippen molar-refractivity contribution >= 4 is 18.3 Å². The summed E-state index contributed by atoms with van der Waals surface area (Å²) in [6.45, 7) is 2.45. The van der Waals surface area contributed by atoms with E-state index in [9.17, 15) is 13.6 Å². The summed E-state index contributed by atoms with van der Waals surface area (Å²) in [6.07, 6.45) is 6.73. The molecule has 1 unspecified atom stereocenters. The maximum Gasteiger partial charge on any atom is 0.276 e. The molecule has 2 aliphatic rings. The van der Waals surface area contributed by atoms with Crippen LogP contribution in [0.15, 0.2) is 28.8 Å². The molecule has 0 saturated carbocycles. The third-order valence-electron chi connectivity index (χ3n) is 6.00. The van der Waals surface area contributed by atoms with E-state index in [1.165, 1.54) is 31.4 Å². The van der Waals surface area contributed by atoms with Crippen LogP contribution in [-0.2, 0) is 19.5 Å². The number of amides is 1. The van der Waals surface area contributed by atoms with Gasteiger partial charge in [-0.15, -0.1) is 17.5 Å². The highest BCUT2D eigenvalue weighted by Gasteiger charge is 2.28. The van der Waals surface area contributed by atoms with Gasteiger partial charge in [-0.3, -0.25) is 9.48 Å². The number of oxazole rings is 1. The predicted octanol–water partition coefficient (Wildman–Crippen LogP) is 3.36. The number of hydrogen-bond donors (Lipinski definition) is 1. The Morgan fingerprint density at radius 3 is 2.79 bits per heavy atom. The molecule has 1 aromatic carbocycles. The van der Waals surface area contributed by atoms with E-state index in [0.717, 1.165) is 19.0 Å². The van der Waals surface area contributed by atoms with Crippen LogP contribution in [0.25, 0.3) is 11.5 Å². The van der Waals surface area contributed by atoms with Gasteiger partial charge in [0.1, 0.15) is 23.1 Å². The Kier molecular flexibility index (Phi) is 7.04. The van der Waals surface area contributed by atoms with Crippen LogP contribution in [-0.4, -0.2) is 49.9 Å². The number of aryl methyl sites for hydroxylation is 1. The Labute approximate surface area is 195 Å². The highest BCUT2D eigenvalue weighted by Crippen LogP contribution is 2.27. The molecule has 1 atom stereocenters. The van der Waals surface area contributed by atoms with Crippen molar-refractivity contribution in [3.8, 4) is 11.5 Å². The second kappa shape index (κ2) is 9.96. The fourth-order valence-electron chi connectivity index (χ4n) is 4.30. The lowest BCUT2D eigenvalue weighted by Gasteiger charge is -2.24. The summed E-state index contributed by atoms with van der Waals surface area (Å²) < 4.78 is 34.5. The SMILES string of the molecule is Cl.O=C(c1cn(CCC2CCCCN2)nn1)N1CCc2oc(-c3cc(F)cc(F)c3)nc2C1. The third-order valence-corrected chi connectivity index (χ3v) is 6.00. The Balaban J connectivity index is 0.00000259. The maximum absolute atomic E-state index is 13.5. The largest absolute Gasteiger partial charge is 0.441 e. The fraction of sp³-hybridized carbons (Fsp3) is 0.455. The monoisotopic (exact) mass is 478 g/mol. The molecule has 1 N–H and O–H groups in total. The Morgan fingerprint density at radius 2 is 2.03 bits per heavy atom. The van der Waals surface area contributed by atoms with E-state index < -0.39 is 11.6 Å². The molecule has 176 valence electrons. The summed E-state index contributed by atoms with van der Waals surface area (Å²) in [6, 6.07) is 3.63. The number of aromatic nitrogens is 4. The number of halogens is 3. The molecular weight excluding hydrogens is 454 g/mol. The Hall–Kier alpha value is -2.85. The number of carbonyl (C=O) groups excluding carboxylic acids is 1. The first kappa shape index (κ1) is 23.3. The van der Waals surface area contributed by atoms with E-state index in [1.54, 1.807) is 15.8 Å². The number of piperidine rings is 1. The Morgan fingerprint density at radius 1 is 1.21 bits per heavy atom. The highest BCUT2D eigenvalue weighted by atomic mass is 35.5. The summed E-state index contributed by atoms with van der Waals surface area (Å²) in [5.41, 5.74) is 1.10. The average molecular weight is 479 g/mol. The van der Waals surface area contributed by atoms with E-state index in [2.05, 4.69) is 20.6 Å². The van der Waals surface area contributed by atoms with Gasteiger partial charge in [-0.25, -0.2) is 13.8 Å². The fourth-order valence-corrected chi connectivity index (χ4v) is 4.30. The van der Waals surface area contributed by atoms with Crippen molar-refractivity contribution < 1.29 is 18.0 Å². The smallest absolute Gasteiger partial charge is 0.276 e. The second-order valence-electron chi connectivity index (χ2n) is 8.33. The van der Waals surface area contributed by atoms with Crippen molar-refractivity contribution in [1.82, 2.24) is 30.2 Å². The topological polar surface area (TPSA) is 89.1 Å². The first-order valence-corrected chi connectivity index (χ1v) is 10.9. The molecule has 4 heterocycles. The average Bonchev–Trinajstić information content (AvgIpc) is 3.44. The lowest BCUT2D eigenvalue weighted by molar-refractivity contribution is 0.0722. The van der Waals surface area contributed by atoms with Crippen molar-refractivity contribution in [2.45, 2.75) is 51.2 Å². The van der Waals surface area contributed by atoms with Gasteiger partial charge in [0.15, 0.2) is 5.69 Å². The maximum atomic E-state index is 13.5. The zero-order valence-corrected chi connectivity index (χ0v) is 18.8. The van der Waals surface area contributed by atoms with E-state index in [0.29, 0.717) is 42.7 Å². The van der Waals surface area contributed by atoms with Crippen LogP contribution < -0.4 is 5.32 Å². The standard InChI is InChI=1S/C22H24F2N6O2.ClH/c23-15-9-14(10-16(24)11-15)21-26-18-12-29(7-5-20(18)32-21)22(31)19-13-30(28-27-19)8-4-17-3-1-2-6-25-17;/h9-11,13,17,25H,1-8,12H2;1H. The summed E-state index contributed by atoms with van der Waals surface area (Å²) in [5, 5.41) is 11.7.